The molecule has 3 heteroatoms. The van der Waals surface area contributed by atoms with Gasteiger partial charge in [0.1, 0.15) is 5.78 Å². The Bertz CT molecular complexity index is 464. The van der Waals surface area contributed by atoms with Crippen molar-refractivity contribution in [3.63, 3.8) is 0 Å². The van der Waals surface area contributed by atoms with Gasteiger partial charge in [0, 0.05) is 11.6 Å². The van der Waals surface area contributed by atoms with Gasteiger partial charge < -0.3 is 5.32 Å². The highest BCUT2D eigenvalue weighted by molar-refractivity contribution is 6.08. The molecule has 102 valence electrons. The summed E-state index contributed by atoms with van der Waals surface area (Å²) in [7, 11) is 0. The predicted molar refractivity (Wildman–Crippen MR) is 76.0 cm³/mol. The maximum absolute atomic E-state index is 12.1. The van der Waals surface area contributed by atoms with Crippen molar-refractivity contribution in [2.45, 2.75) is 39.5 Å². The molecule has 0 saturated heterocycles. The smallest absolute Gasteiger partial charge is 0.234 e. The van der Waals surface area contributed by atoms with Gasteiger partial charge in [0.25, 0.3) is 0 Å². The van der Waals surface area contributed by atoms with Crippen LogP contribution in [0.4, 0.5) is 5.69 Å². The summed E-state index contributed by atoms with van der Waals surface area (Å²) in [5.41, 5.74) is 2.01. The van der Waals surface area contributed by atoms with E-state index in [2.05, 4.69) is 12.2 Å². The molecule has 2 atom stereocenters. The Morgan fingerprint density at radius 2 is 1.95 bits per heavy atom. The highest BCUT2D eigenvalue weighted by Crippen LogP contribution is 2.26. The number of hydrogen-bond acceptors (Lipinski definition) is 2. The number of aryl methyl sites for hydroxylation is 1. The van der Waals surface area contributed by atoms with Gasteiger partial charge in [-0.25, -0.2) is 0 Å². The Morgan fingerprint density at radius 1 is 1.26 bits per heavy atom. The van der Waals surface area contributed by atoms with Gasteiger partial charge >= 0.3 is 0 Å². The van der Waals surface area contributed by atoms with Crippen molar-refractivity contribution >= 4 is 17.4 Å². The SMILES string of the molecule is CCc1ccc(NC(=O)C2CCCC(C)C2=O)cc1. The second-order valence-electron chi connectivity index (χ2n) is 5.33. The van der Waals surface area contributed by atoms with Gasteiger partial charge in [-0.05, 0) is 37.0 Å². The molecule has 0 bridgehead atoms. The van der Waals surface area contributed by atoms with Crippen molar-refractivity contribution in [1.82, 2.24) is 0 Å². The van der Waals surface area contributed by atoms with E-state index in [1.54, 1.807) is 0 Å². The monoisotopic (exact) mass is 259 g/mol. The summed E-state index contributed by atoms with van der Waals surface area (Å²) in [5, 5.41) is 2.85. The summed E-state index contributed by atoms with van der Waals surface area (Å²) >= 11 is 0. The average molecular weight is 259 g/mol. The second-order valence-corrected chi connectivity index (χ2v) is 5.33. The molecule has 2 rings (SSSR count). The molecule has 0 heterocycles. The number of benzene rings is 1. The summed E-state index contributed by atoms with van der Waals surface area (Å²) in [6.45, 7) is 4.01. The summed E-state index contributed by atoms with van der Waals surface area (Å²) in [4.78, 5) is 24.1. The molecule has 1 aromatic carbocycles. The van der Waals surface area contributed by atoms with E-state index in [4.69, 9.17) is 0 Å². The van der Waals surface area contributed by atoms with Gasteiger partial charge in [0.2, 0.25) is 5.91 Å². The molecule has 19 heavy (non-hydrogen) atoms. The lowest BCUT2D eigenvalue weighted by molar-refractivity contribution is -0.135. The van der Waals surface area contributed by atoms with Gasteiger partial charge in [0.05, 0.1) is 5.92 Å². The van der Waals surface area contributed by atoms with Crippen LogP contribution in [0.2, 0.25) is 0 Å². The van der Waals surface area contributed by atoms with E-state index in [0.29, 0.717) is 6.42 Å². The molecule has 0 aromatic heterocycles. The topological polar surface area (TPSA) is 46.2 Å². The average Bonchev–Trinajstić information content (AvgIpc) is 2.42. The van der Waals surface area contributed by atoms with E-state index < -0.39 is 5.92 Å². The lowest BCUT2D eigenvalue weighted by Crippen LogP contribution is -2.36. The summed E-state index contributed by atoms with van der Waals surface area (Å²) < 4.78 is 0. The van der Waals surface area contributed by atoms with Crippen LogP contribution in [0.1, 0.15) is 38.7 Å². The molecule has 1 amide bonds. The van der Waals surface area contributed by atoms with Gasteiger partial charge in [-0.3, -0.25) is 9.59 Å². The first kappa shape index (κ1) is 13.8. The van der Waals surface area contributed by atoms with E-state index in [1.807, 2.05) is 31.2 Å². The molecule has 1 aromatic rings. The van der Waals surface area contributed by atoms with Crippen LogP contribution in [-0.4, -0.2) is 11.7 Å². The summed E-state index contributed by atoms with van der Waals surface area (Å²) in [6.07, 6.45) is 3.53. The molecule has 1 aliphatic carbocycles. The van der Waals surface area contributed by atoms with Gasteiger partial charge in [-0.1, -0.05) is 32.4 Å². The van der Waals surface area contributed by atoms with Crippen molar-refractivity contribution in [2.24, 2.45) is 11.8 Å². The van der Waals surface area contributed by atoms with E-state index in [9.17, 15) is 9.59 Å². The minimum Gasteiger partial charge on any atom is -0.325 e. The molecule has 0 radical (unpaired) electrons. The first-order valence-corrected chi connectivity index (χ1v) is 7.05. The normalized spacial score (nSPS) is 23.2. The molecule has 1 fully saturated rings. The minimum absolute atomic E-state index is 0.0203. The molecule has 1 N–H and O–H groups in total. The lowest BCUT2D eigenvalue weighted by atomic mass is 9.80. The number of amides is 1. The first-order valence-electron chi connectivity index (χ1n) is 7.05. The number of rotatable bonds is 3. The third-order valence-electron chi connectivity index (χ3n) is 3.91. The summed E-state index contributed by atoms with van der Waals surface area (Å²) in [6, 6.07) is 7.79. The van der Waals surface area contributed by atoms with Crippen LogP contribution in [0.15, 0.2) is 24.3 Å². The lowest BCUT2D eigenvalue weighted by Gasteiger charge is -2.24. The van der Waals surface area contributed by atoms with Crippen LogP contribution in [-0.2, 0) is 16.0 Å². The van der Waals surface area contributed by atoms with Crippen LogP contribution < -0.4 is 5.32 Å². The standard InChI is InChI=1S/C16H21NO2/c1-3-12-7-9-13(10-8-12)17-16(19)14-6-4-5-11(2)15(14)18/h7-11,14H,3-6H2,1-2H3,(H,17,19). The molecule has 1 saturated carbocycles. The number of carbonyl (C=O) groups is 2. The first-order chi connectivity index (χ1) is 9.11. The van der Waals surface area contributed by atoms with Crippen molar-refractivity contribution in [3.05, 3.63) is 29.8 Å². The van der Waals surface area contributed by atoms with Crippen molar-refractivity contribution < 1.29 is 9.59 Å². The number of carbonyl (C=O) groups excluding carboxylic acids is 2. The third kappa shape index (κ3) is 3.22. The van der Waals surface area contributed by atoms with Gasteiger partial charge in [-0.15, -0.1) is 0 Å². The molecule has 0 aliphatic heterocycles. The minimum atomic E-state index is -0.463. The summed E-state index contributed by atoms with van der Waals surface area (Å²) in [5.74, 6) is -0.503. The van der Waals surface area contributed by atoms with E-state index in [-0.39, 0.29) is 17.6 Å². The fraction of sp³-hybridized carbons (Fsp3) is 0.500. The maximum Gasteiger partial charge on any atom is 0.234 e. The Balaban J connectivity index is 2.01. The maximum atomic E-state index is 12.1. The van der Waals surface area contributed by atoms with E-state index >= 15 is 0 Å². The number of nitrogens with one attached hydrogen (secondary N) is 1. The van der Waals surface area contributed by atoms with E-state index in [0.717, 1.165) is 24.9 Å². The molecular formula is C16H21NO2. The highest BCUT2D eigenvalue weighted by Gasteiger charge is 2.33. The number of hydrogen-bond donors (Lipinski definition) is 1. The molecule has 1 aliphatic rings. The highest BCUT2D eigenvalue weighted by atomic mass is 16.2. The Kier molecular flexibility index (Phi) is 4.35. The van der Waals surface area contributed by atoms with E-state index in [1.165, 1.54) is 5.56 Å². The number of Topliss-reactive ketones (excluding diaryl/α,β-unsaturated/α-hetero) is 1. The molecule has 2 unspecified atom stereocenters. The fourth-order valence-electron chi connectivity index (χ4n) is 2.57. The van der Waals surface area contributed by atoms with Crippen LogP contribution >= 0.6 is 0 Å². The number of ketones is 1. The van der Waals surface area contributed by atoms with Crippen LogP contribution in [0.3, 0.4) is 0 Å². The van der Waals surface area contributed by atoms with Gasteiger partial charge in [0.15, 0.2) is 0 Å². The zero-order valence-electron chi connectivity index (χ0n) is 11.6. The fourth-order valence-corrected chi connectivity index (χ4v) is 2.57. The Labute approximate surface area is 114 Å². The quantitative estimate of drug-likeness (QED) is 0.847. The predicted octanol–water partition coefficient (Wildman–Crippen LogP) is 3.19. The molecular weight excluding hydrogens is 238 g/mol. The second kappa shape index (κ2) is 6.00. The number of anilines is 1. The van der Waals surface area contributed by atoms with Crippen LogP contribution in [0, 0.1) is 11.8 Å². The van der Waals surface area contributed by atoms with Gasteiger partial charge in [-0.2, -0.15) is 0 Å². The largest absolute Gasteiger partial charge is 0.325 e. The van der Waals surface area contributed by atoms with Crippen molar-refractivity contribution in [1.29, 1.82) is 0 Å². The van der Waals surface area contributed by atoms with Crippen LogP contribution in [0.25, 0.3) is 0 Å². The zero-order valence-corrected chi connectivity index (χ0v) is 11.6. The Morgan fingerprint density at radius 3 is 2.58 bits per heavy atom. The van der Waals surface area contributed by atoms with Crippen molar-refractivity contribution in [3.8, 4) is 0 Å². The molecule has 0 spiro atoms. The van der Waals surface area contributed by atoms with Crippen molar-refractivity contribution in [2.75, 3.05) is 5.32 Å². The zero-order chi connectivity index (χ0) is 13.8. The Hall–Kier alpha value is -1.64. The molecule has 3 nitrogen and oxygen atoms in total. The van der Waals surface area contributed by atoms with Crippen LogP contribution in [0.5, 0.6) is 0 Å². The third-order valence-corrected chi connectivity index (χ3v) is 3.91.